The van der Waals surface area contributed by atoms with Crippen molar-refractivity contribution >= 4 is 29.9 Å². The van der Waals surface area contributed by atoms with Gasteiger partial charge in [-0.3, -0.25) is 4.99 Å². The zero-order chi connectivity index (χ0) is 13.7. The van der Waals surface area contributed by atoms with Crippen molar-refractivity contribution in [2.24, 2.45) is 10.9 Å². The molecular formula is C14H20F2IN3. The summed E-state index contributed by atoms with van der Waals surface area (Å²) in [7, 11) is 1.70. The van der Waals surface area contributed by atoms with Crippen molar-refractivity contribution in [3.8, 4) is 0 Å². The first-order valence-electron chi connectivity index (χ1n) is 6.57. The zero-order valence-electron chi connectivity index (χ0n) is 11.5. The van der Waals surface area contributed by atoms with Crippen LogP contribution in [0, 0.1) is 17.6 Å². The lowest BCUT2D eigenvalue weighted by molar-refractivity contribution is 0.583. The molecule has 6 heteroatoms. The van der Waals surface area contributed by atoms with Crippen LogP contribution in [0.25, 0.3) is 0 Å². The third-order valence-corrected chi connectivity index (χ3v) is 3.17. The Balaban J connectivity index is 0.00000200. The fourth-order valence-corrected chi connectivity index (χ4v) is 1.83. The molecule has 1 saturated carbocycles. The van der Waals surface area contributed by atoms with Crippen LogP contribution in [-0.4, -0.2) is 26.1 Å². The van der Waals surface area contributed by atoms with Crippen LogP contribution in [0.1, 0.15) is 18.4 Å². The lowest BCUT2D eigenvalue weighted by Crippen LogP contribution is -2.39. The number of rotatable bonds is 5. The van der Waals surface area contributed by atoms with Crippen LogP contribution in [-0.2, 0) is 6.42 Å². The number of nitrogens with one attached hydrogen (secondary N) is 2. The molecular weight excluding hydrogens is 375 g/mol. The summed E-state index contributed by atoms with van der Waals surface area (Å²) in [5.74, 6) is 0.694. The molecule has 0 aliphatic heterocycles. The molecule has 0 saturated heterocycles. The van der Waals surface area contributed by atoms with E-state index in [9.17, 15) is 8.78 Å². The normalized spacial score (nSPS) is 14.7. The van der Waals surface area contributed by atoms with Crippen LogP contribution in [0.15, 0.2) is 23.2 Å². The highest BCUT2D eigenvalue weighted by molar-refractivity contribution is 14.0. The third kappa shape index (κ3) is 5.60. The predicted molar refractivity (Wildman–Crippen MR) is 87.6 cm³/mol. The second kappa shape index (κ2) is 8.39. The third-order valence-electron chi connectivity index (χ3n) is 3.17. The molecule has 0 unspecified atom stereocenters. The van der Waals surface area contributed by atoms with Gasteiger partial charge in [-0.15, -0.1) is 24.0 Å². The largest absolute Gasteiger partial charge is 0.356 e. The van der Waals surface area contributed by atoms with Gasteiger partial charge in [-0.1, -0.05) is 0 Å². The van der Waals surface area contributed by atoms with E-state index in [4.69, 9.17) is 0 Å². The second-order valence-corrected chi connectivity index (χ2v) is 4.81. The molecule has 1 fully saturated rings. The predicted octanol–water partition coefficient (Wildman–Crippen LogP) is 2.70. The van der Waals surface area contributed by atoms with Crippen LogP contribution in [0.5, 0.6) is 0 Å². The number of hydrogen-bond donors (Lipinski definition) is 2. The maximum Gasteiger partial charge on any atom is 0.190 e. The molecule has 0 radical (unpaired) electrons. The average molecular weight is 395 g/mol. The molecule has 2 N–H and O–H groups in total. The highest BCUT2D eigenvalue weighted by atomic mass is 127. The van der Waals surface area contributed by atoms with Gasteiger partial charge >= 0.3 is 0 Å². The first kappa shape index (κ1) is 17.1. The Kier molecular flexibility index (Phi) is 7.18. The van der Waals surface area contributed by atoms with Crippen molar-refractivity contribution in [1.82, 2.24) is 10.6 Å². The molecule has 0 bridgehead atoms. The van der Waals surface area contributed by atoms with Crippen LogP contribution >= 0.6 is 24.0 Å². The van der Waals surface area contributed by atoms with Gasteiger partial charge in [-0.25, -0.2) is 8.78 Å². The number of hydrogen-bond acceptors (Lipinski definition) is 1. The number of halogens is 3. The number of aliphatic imine (C=N–C) groups is 1. The first-order valence-corrected chi connectivity index (χ1v) is 6.57. The standard InChI is InChI=1S/C14H19F2N3.HI/c1-17-14(19-9-10-2-3-10)18-7-6-11-8-12(15)4-5-13(11)16;/h4-5,8,10H,2-3,6-7,9H2,1H3,(H2,17,18,19);1H. The second-order valence-electron chi connectivity index (χ2n) is 4.81. The molecule has 0 aromatic heterocycles. The molecule has 1 aromatic carbocycles. The van der Waals surface area contributed by atoms with Gasteiger partial charge < -0.3 is 10.6 Å². The maximum atomic E-state index is 13.4. The molecule has 20 heavy (non-hydrogen) atoms. The topological polar surface area (TPSA) is 36.4 Å². The first-order chi connectivity index (χ1) is 9.19. The fraction of sp³-hybridized carbons (Fsp3) is 0.500. The van der Waals surface area contributed by atoms with Gasteiger partial charge in [-0.05, 0) is 48.9 Å². The van der Waals surface area contributed by atoms with E-state index in [2.05, 4.69) is 15.6 Å². The van der Waals surface area contributed by atoms with E-state index in [-0.39, 0.29) is 29.8 Å². The molecule has 1 aliphatic rings. The number of nitrogens with zero attached hydrogens (tertiary/aromatic N) is 1. The molecule has 0 spiro atoms. The Bertz CT molecular complexity index is 462. The van der Waals surface area contributed by atoms with E-state index in [0.29, 0.717) is 24.5 Å². The van der Waals surface area contributed by atoms with Gasteiger partial charge in [0.25, 0.3) is 0 Å². The fourth-order valence-electron chi connectivity index (χ4n) is 1.83. The van der Waals surface area contributed by atoms with Crippen LogP contribution in [0.4, 0.5) is 8.78 Å². The summed E-state index contributed by atoms with van der Waals surface area (Å²) in [4.78, 5) is 4.09. The Morgan fingerprint density at radius 3 is 2.70 bits per heavy atom. The smallest absolute Gasteiger partial charge is 0.190 e. The summed E-state index contributed by atoms with van der Waals surface area (Å²) in [5, 5.41) is 6.31. The number of guanidine groups is 1. The monoisotopic (exact) mass is 395 g/mol. The van der Waals surface area contributed by atoms with Gasteiger partial charge in [0.15, 0.2) is 5.96 Å². The van der Waals surface area contributed by atoms with Crippen molar-refractivity contribution in [3.63, 3.8) is 0 Å². The van der Waals surface area contributed by atoms with Crippen LogP contribution in [0.3, 0.4) is 0 Å². The van der Waals surface area contributed by atoms with E-state index >= 15 is 0 Å². The lowest BCUT2D eigenvalue weighted by atomic mass is 10.1. The molecule has 3 nitrogen and oxygen atoms in total. The highest BCUT2D eigenvalue weighted by Gasteiger charge is 2.20. The zero-order valence-corrected chi connectivity index (χ0v) is 13.8. The summed E-state index contributed by atoms with van der Waals surface area (Å²) in [6.07, 6.45) is 2.98. The minimum Gasteiger partial charge on any atom is -0.356 e. The molecule has 0 atom stereocenters. The summed E-state index contributed by atoms with van der Waals surface area (Å²) in [6, 6.07) is 3.52. The van der Waals surface area contributed by atoms with Gasteiger partial charge in [0.1, 0.15) is 11.6 Å². The van der Waals surface area contributed by atoms with Crippen molar-refractivity contribution in [2.75, 3.05) is 20.1 Å². The minimum absolute atomic E-state index is 0. The van der Waals surface area contributed by atoms with Crippen molar-refractivity contribution in [2.45, 2.75) is 19.3 Å². The maximum absolute atomic E-state index is 13.4. The molecule has 1 aromatic rings. The van der Waals surface area contributed by atoms with Gasteiger partial charge in [0.05, 0.1) is 0 Å². The molecule has 0 heterocycles. The Morgan fingerprint density at radius 2 is 2.05 bits per heavy atom. The van der Waals surface area contributed by atoms with E-state index in [1.165, 1.54) is 18.9 Å². The van der Waals surface area contributed by atoms with Crippen LogP contribution < -0.4 is 10.6 Å². The van der Waals surface area contributed by atoms with Gasteiger partial charge in [0.2, 0.25) is 0 Å². The van der Waals surface area contributed by atoms with Crippen LogP contribution in [0.2, 0.25) is 0 Å². The lowest BCUT2D eigenvalue weighted by Gasteiger charge is -2.11. The van der Waals surface area contributed by atoms with E-state index < -0.39 is 5.82 Å². The van der Waals surface area contributed by atoms with E-state index in [1.54, 1.807) is 7.05 Å². The summed E-state index contributed by atoms with van der Waals surface area (Å²) in [5.41, 5.74) is 0.380. The Hall–Kier alpha value is -0.920. The molecule has 112 valence electrons. The highest BCUT2D eigenvalue weighted by Crippen LogP contribution is 2.27. The van der Waals surface area contributed by atoms with Gasteiger partial charge in [-0.2, -0.15) is 0 Å². The van der Waals surface area contributed by atoms with E-state index in [1.807, 2.05) is 0 Å². The van der Waals surface area contributed by atoms with E-state index in [0.717, 1.165) is 24.6 Å². The van der Waals surface area contributed by atoms with Crippen molar-refractivity contribution < 1.29 is 8.78 Å². The molecule has 1 aliphatic carbocycles. The average Bonchev–Trinajstić information content (AvgIpc) is 3.21. The molecule has 0 amide bonds. The van der Waals surface area contributed by atoms with Crippen molar-refractivity contribution in [3.05, 3.63) is 35.4 Å². The van der Waals surface area contributed by atoms with Gasteiger partial charge in [0, 0.05) is 20.1 Å². The molecule has 2 rings (SSSR count). The quantitative estimate of drug-likeness (QED) is 0.457. The SMILES string of the molecule is CN=C(NCCc1cc(F)ccc1F)NCC1CC1.I. The number of benzene rings is 1. The minimum atomic E-state index is -0.410. The Labute approximate surface area is 135 Å². The summed E-state index contributed by atoms with van der Waals surface area (Å²) in [6.45, 7) is 1.44. The summed E-state index contributed by atoms with van der Waals surface area (Å²) >= 11 is 0. The Morgan fingerprint density at radius 1 is 1.30 bits per heavy atom. The summed E-state index contributed by atoms with van der Waals surface area (Å²) < 4.78 is 26.4. The van der Waals surface area contributed by atoms with Crippen molar-refractivity contribution in [1.29, 1.82) is 0 Å².